The Morgan fingerprint density at radius 2 is 1.61 bits per heavy atom. The molecule has 3 aromatic rings. The van der Waals surface area contributed by atoms with E-state index in [4.69, 9.17) is 10.2 Å². The molecule has 0 unspecified atom stereocenters. The Labute approximate surface area is 166 Å². The number of carbonyl (C=O) groups is 1. The van der Waals surface area contributed by atoms with Gasteiger partial charge in [0.25, 0.3) is 0 Å². The van der Waals surface area contributed by atoms with Crippen LogP contribution < -0.4 is 11.1 Å². The highest BCUT2D eigenvalue weighted by atomic mass is 16.3. The molecule has 0 saturated heterocycles. The molecule has 0 fully saturated rings. The van der Waals surface area contributed by atoms with E-state index >= 15 is 0 Å². The van der Waals surface area contributed by atoms with Gasteiger partial charge in [0.1, 0.15) is 5.76 Å². The Hall–Kier alpha value is -3.05. The van der Waals surface area contributed by atoms with Crippen molar-refractivity contribution in [2.45, 2.75) is 18.4 Å². The summed E-state index contributed by atoms with van der Waals surface area (Å²) < 4.78 is 5.47. The van der Waals surface area contributed by atoms with Crippen LogP contribution in [0.4, 0.5) is 4.79 Å². The maximum absolute atomic E-state index is 11.5. The molecule has 0 aliphatic heterocycles. The van der Waals surface area contributed by atoms with Gasteiger partial charge in [-0.05, 0) is 43.3 Å². The molecule has 5 heteroatoms. The third-order valence-electron chi connectivity index (χ3n) is 5.14. The standard InChI is InChI=1S/C23H27N3O2/c1-26(17-21-13-8-16-28-21)15-14-23(18-25-22(24)27,19-9-4-2-5-10-19)20-11-6-3-7-12-20/h2-13,16H,14-15,17-18H2,1H3,(H3,24,25,27). The van der Waals surface area contributed by atoms with Crippen LogP contribution in [0.25, 0.3) is 0 Å². The first-order valence-electron chi connectivity index (χ1n) is 9.45. The summed E-state index contributed by atoms with van der Waals surface area (Å²) in [6, 6.07) is 24.0. The van der Waals surface area contributed by atoms with Gasteiger partial charge in [-0.15, -0.1) is 0 Å². The summed E-state index contributed by atoms with van der Waals surface area (Å²) in [5, 5.41) is 2.85. The van der Waals surface area contributed by atoms with Crippen molar-refractivity contribution in [1.29, 1.82) is 0 Å². The van der Waals surface area contributed by atoms with Gasteiger partial charge in [0.05, 0.1) is 12.8 Å². The molecule has 0 atom stereocenters. The molecule has 2 aromatic carbocycles. The molecule has 3 rings (SSSR count). The van der Waals surface area contributed by atoms with Gasteiger partial charge in [-0.1, -0.05) is 60.7 Å². The van der Waals surface area contributed by atoms with E-state index < -0.39 is 6.03 Å². The molecular formula is C23H27N3O2. The van der Waals surface area contributed by atoms with Crippen molar-refractivity contribution in [3.05, 3.63) is 95.9 Å². The van der Waals surface area contributed by atoms with Crippen LogP contribution in [0.5, 0.6) is 0 Å². The summed E-state index contributed by atoms with van der Waals surface area (Å²) in [4.78, 5) is 13.8. The van der Waals surface area contributed by atoms with Gasteiger partial charge in [-0.2, -0.15) is 0 Å². The van der Waals surface area contributed by atoms with E-state index in [1.807, 2.05) is 48.5 Å². The van der Waals surface area contributed by atoms with Crippen molar-refractivity contribution in [2.24, 2.45) is 5.73 Å². The number of urea groups is 1. The quantitative estimate of drug-likeness (QED) is 0.596. The Balaban J connectivity index is 1.90. The highest BCUT2D eigenvalue weighted by Gasteiger charge is 2.34. The predicted molar refractivity (Wildman–Crippen MR) is 111 cm³/mol. The third-order valence-corrected chi connectivity index (χ3v) is 5.14. The lowest BCUT2D eigenvalue weighted by molar-refractivity contribution is 0.241. The van der Waals surface area contributed by atoms with Crippen LogP contribution >= 0.6 is 0 Å². The van der Waals surface area contributed by atoms with Crippen LogP contribution in [-0.2, 0) is 12.0 Å². The molecule has 0 aliphatic rings. The summed E-state index contributed by atoms with van der Waals surface area (Å²) in [5.41, 5.74) is 7.36. The number of hydrogen-bond acceptors (Lipinski definition) is 3. The second kappa shape index (κ2) is 9.24. The van der Waals surface area contributed by atoms with Crippen LogP contribution in [0.3, 0.4) is 0 Å². The van der Waals surface area contributed by atoms with Gasteiger partial charge in [0.15, 0.2) is 0 Å². The van der Waals surface area contributed by atoms with Crippen molar-refractivity contribution in [3.63, 3.8) is 0 Å². The van der Waals surface area contributed by atoms with Gasteiger partial charge >= 0.3 is 6.03 Å². The first-order valence-corrected chi connectivity index (χ1v) is 9.45. The van der Waals surface area contributed by atoms with Crippen molar-refractivity contribution in [1.82, 2.24) is 10.2 Å². The van der Waals surface area contributed by atoms with Crippen LogP contribution in [0.1, 0.15) is 23.3 Å². The maximum atomic E-state index is 11.5. The molecule has 146 valence electrons. The highest BCUT2D eigenvalue weighted by Crippen LogP contribution is 2.35. The van der Waals surface area contributed by atoms with E-state index in [2.05, 4.69) is 41.5 Å². The summed E-state index contributed by atoms with van der Waals surface area (Å²) in [5.74, 6) is 0.933. The first kappa shape index (κ1) is 19.7. The van der Waals surface area contributed by atoms with Crippen molar-refractivity contribution >= 4 is 6.03 Å². The number of benzene rings is 2. The number of nitrogens with two attached hydrogens (primary N) is 1. The molecule has 0 saturated carbocycles. The van der Waals surface area contributed by atoms with Crippen LogP contribution in [0.2, 0.25) is 0 Å². The molecule has 5 nitrogen and oxygen atoms in total. The molecule has 2 amide bonds. The third kappa shape index (κ3) is 4.81. The van der Waals surface area contributed by atoms with Crippen LogP contribution in [0.15, 0.2) is 83.5 Å². The molecular weight excluding hydrogens is 350 g/mol. The summed E-state index contributed by atoms with van der Waals surface area (Å²) in [6.07, 6.45) is 2.51. The summed E-state index contributed by atoms with van der Waals surface area (Å²) >= 11 is 0. The van der Waals surface area contributed by atoms with Gasteiger partial charge in [0.2, 0.25) is 0 Å². The average Bonchev–Trinajstić information content (AvgIpc) is 3.22. The van der Waals surface area contributed by atoms with Gasteiger partial charge in [-0.25, -0.2) is 4.79 Å². The minimum absolute atomic E-state index is 0.380. The van der Waals surface area contributed by atoms with Crippen LogP contribution in [-0.4, -0.2) is 31.1 Å². The fraction of sp³-hybridized carbons (Fsp3) is 0.261. The zero-order valence-electron chi connectivity index (χ0n) is 16.2. The molecule has 3 N–H and O–H groups in total. The molecule has 0 radical (unpaired) electrons. The van der Waals surface area contributed by atoms with Gasteiger partial charge in [-0.3, -0.25) is 4.90 Å². The van der Waals surface area contributed by atoms with Crippen LogP contribution in [0, 0.1) is 0 Å². The second-order valence-electron chi connectivity index (χ2n) is 7.10. The lowest BCUT2D eigenvalue weighted by Crippen LogP contribution is -2.45. The Morgan fingerprint density at radius 1 is 1.00 bits per heavy atom. The number of carbonyl (C=O) groups excluding carboxylic acids is 1. The molecule has 28 heavy (non-hydrogen) atoms. The smallest absolute Gasteiger partial charge is 0.312 e. The minimum atomic E-state index is -0.514. The predicted octanol–water partition coefficient (Wildman–Crippen LogP) is 3.76. The van der Waals surface area contributed by atoms with Crippen molar-refractivity contribution in [3.8, 4) is 0 Å². The van der Waals surface area contributed by atoms with E-state index in [1.54, 1.807) is 6.26 Å². The summed E-state index contributed by atoms with van der Waals surface area (Å²) in [6.45, 7) is 1.99. The first-order chi connectivity index (χ1) is 13.6. The number of rotatable bonds is 9. The van der Waals surface area contributed by atoms with E-state index in [0.29, 0.717) is 6.54 Å². The fourth-order valence-electron chi connectivity index (χ4n) is 3.63. The normalized spacial score (nSPS) is 11.5. The number of amides is 2. The highest BCUT2D eigenvalue weighted by molar-refractivity contribution is 5.72. The second-order valence-corrected chi connectivity index (χ2v) is 7.10. The Morgan fingerprint density at radius 3 is 2.11 bits per heavy atom. The summed E-state index contributed by atoms with van der Waals surface area (Å²) in [7, 11) is 2.07. The van der Waals surface area contributed by atoms with Gasteiger partial charge < -0.3 is 15.5 Å². The van der Waals surface area contributed by atoms with E-state index in [-0.39, 0.29) is 5.41 Å². The zero-order valence-corrected chi connectivity index (χ0v) is 16.2. The number of nitrogens with zero attached hydrogens (tertiary/aromatic N) is 1. The number of primary amides is 1. The lowest BCUT2D eigenvalue weighted by atomic mass is 9.71. The molecule has 1 heterocycles. The van der Waals surface area contributed by atoms with E-state index in [9.17, 15) is 4.79 Å². The van der Waals surface area contributed by atoms with E-state index in [1.165, 1.54) is 0 Å². The lowest BCUT2D eigenvalue weighted by Gasteiger charge is -2.36. The largest absolute Gasteiger partial charge is 0.468 e. The molecule has 0 aliphatic carbocycles. The number of hydrogen-bond donors (Lipinski definition) is 2. The van der Waals surface area contributed by atoms with E-state index in [0.717, 1.165) is 36.4 Å². The number of furan rings is 1. The molecule has 1 aromatic heterocycles. The minimum Gasteiger partial charge on any atom is -0.468 e. The Bertz CT molecular complexity index is 809. The van der Waals surface area contributed by atoms with Crippen molar-refractivity contribution < 1.29 is 9.21 Å². The van der Waals surface area contributed by atoms with Crippen molar-refractivity contribution in [2.75, 3.05) is 20.1 Å². The monoisotopic (exact) mass is 377 g/mol. The maximum Gasteiger partial charge on any atom is 0.312 e. The SMILES string of the molecule is CN(CCC(CNC(N)=O)(c1ccccc1)c1ccccc1)Cc1ccco1. The Kier molecular flexibility index (Phi) is 6.50. The average molecular weight is 377 g/mol. The fourth-order valence-corrected chi connectivity index (χ4v) is 3.63. The topological polar surface area (TPSA) is 71.5 Å². The molecule has 0 spiro atoms. The number of nitrogens with one attached hydrogen (secondary N) is 1. The molecule has 0 bridgehead atoms. The zero-order chi connectivity index (χ0) is 19.8. The van der Waals surface area contributed by atoms with Gasteiger partial charge in [0, 0.05) is 12.0 Å².